The summed E-state index contributed by atoms with van der Waals surface area (Å²) in [6, 6.07) is 18.8. The van der Waals surface area contributed by atoms with Gasteiger partial charge in [-0.2, -0.15) is 0 Å². The van der Waals surface area contributed by atoms with Crippen LogP contribution in [0.1, 0.15) is 10.6 Å². The van der Waals surface area contributed by atoms with E-state index in [1.54, 1.807) is 48.5 Å². The second-order valence-corrected chi connectivity index (χ2v) is 5.87. The molecule has 6 nitrogen and oxygen atoms in total. The minimum atomic E-state index is -0.378. The van der Waals surface area contributed by atoms with E-state index in [0.717, 1.165) is 0 Å². The molecule has 3 amide bonds. The number of hydrogen-bond acceptors (Lipinski definition) is 3. The van der Waals surface area contributed by atoms with Gasteiger partial charge >= 0.3 is 6.03 Å². The van der Waals surface area contributed by atoms with Gasteiger partial charge in [0, 0.05) is 17.1 Å². The van der Waals surface area contributed by atoms with Gasteiger partial charge in [-0.1, -0.05) is 24.3 Å². The Morgan fingerprint density at radius 2 is 1.40 bits per heavy atom. The smallest absolute Gasteiger partial charge is 0.323 e. The molecule has 0 spiro atoms. The van der Waals surface area contributed by atoms with E-state index in [-0.39, 0.29) is 17.7 Å². The number of halogens is 1. The first-order chi connectivity index (χ1) is 12.1. The number of urea groups is 1. The molecule has 0 aliphatic carbocycles. The van der Waals surface area contributed by atoms with Crippen LogP contribution in [-0.2, 0) is 0 Å². The SMILES string of the molecule is O=C(Nc1ccccc1)Nc1cccc(NC(=O)c2ccc(Br)o2)c1. The lowest BCUT2D eigenvalue weighted by Crippen LogP contribution is -2.19. The maximum absolute atomic E-state index is 12.1. The maximum atomic E-state index is 12.1. The maximum Gasteiger partial charge on any atom is 0.323 e. The van der Waals surface area contributed by atoms with Gasteiger partial charge in [0.2, 0.25) is 0 Å². The molecule has 3 aromatic rings. The van der Waals surface area contributed by atoms with Gasteiger partial charge in [0.15, 0.2) is 10.4 Å². The predicted molar refractivity (Wildman–Crippen MR) is 99.9 cm³/mol. The lowest BCUT2D eigenvalue weighted by molar-refractivity contribution is 0.0995. The Balaban J connectivity index is 1.63. The molecule has 0 unspecified atom stereocenters. The average molecular weight is 400 g/mol. The molecule has 0 aliphatic heterocycles. The van der Waals surface area contributed by atoms with Crippen molar-refractivity contribution >= 4 is 44.9 Å². The van der Waals surface area contributed by atoms with Gasteiger partial charge < -0.3 is 20.4 Å². The summed E-state index contributed by atoms with van der Waals surface area (Å²) in [4.78, 5) is 24.1. The summed E-state index contributed by atoms with van der Waals surface area (Å²) in [5, 5.41) is 8.15. The van der Waals surface area contributed by atoms with Crippen molar-refractivity contribution in [2.75, 3.05) is 16.0 Å². The van der Waals surface area contributed by atoms with E-state index in [0.29, 0.717) is 21.7 Å². The largest absolute Gasteiger partial charge is 0.444 e. The molecule has 3 N–H and O–H groups in total. The van der Waals surface area contributed by atoms with E-state index < -0.39 is 0 Å². The van der Waals surface area contributed by atoms with Crippen LogP contribution in [0.4, 0.5) is 21.9 Å². The monoisotopic (exact) mass is 399 g/mol. The number of amides is 3. The fourth-order valence-corrected chi connectivity index (χ4v) is 2.43. The van der Waals surface area contributed by atoms with Crippen LogP contribution in [0.25, 0.3) is 0 Å². The quantitative estimate of drug-likeness (QED) is 0.580. The second-order valence-electron chi connectivity index (χ2n) is 5.08. The Labute approximate surface area is 152 Å². The highest BCUT2D eigenvalue weighted by Gasteiger charge is 2.11. The number of rotatable bonds is 4. The van der Waals surface area contributed by atoms with Crippen LogP contribution < -0.4 is 16.0 Å². The van der Waals surface area contributed by atoms with Gasteiger partial charge in [-0.25, -0.2) is 4.79 Å². The van der Waals surface area contributed by atoms with Crippen LogP contribution in [-0.4, -0.2) is 11.9 Å². The lowest BCUT2D eigenvalue weighted by Gasteiger charge is -2.09. The van der Waals surface area contributed by atoms with E-state index in [9.17, 15) is 9.59 Å². The molecule has 1 heterocycles. The number of furan rings is 1. The van der Waals surface area contributed by atoms with Gasteiger partial charge in [-0.3, -0.25) is 4.79 Å². The van der Waals surface area contributed by atoms with Crippen molar-refractivity contribution in [1.29, 1.82) is 0 Å². The molecule has 0 aliphatic rings. The fourth-order valence-electron chi connectivity index (χ4n) is 2.12. The standard InChI is InChI=1S/C18H14BrN3O3/c19-16-10-9-15(25-16)17(23)20-13-7-4-8-14(11-13)22-18(24)21-12-5-2-1-3-6-12/h1-11H,(H,20,23)(H2,21,22,24). The molecule has 7 heteroatoms. The Hall–Kier alpha value is -3.06. The summed E-state index contributed by atoms with van der Waals surface area (Å²) < 4.78 is 5.68. The van der Waals surface area contributed by atoms with Gasteiger partial charge in [0.25, 0.3) is 5.91 Å². The number of carbonyl (C=O) groups is 2. The summed E-state index contributed by atoms with van der Waals surface area (Å²) in [7, 11) is 0. The third-order valence-corrected chi connectivity index (χ3v) is 3.63. The van der Waals surface area contributed by atoms with Gasteiger partial charge in [0.1, 0.15) is 0 Å². The molecule has 126 valence electrons. The lowest BCUT2D eigenvalue weighted by atomic mass is 10.2. The van der Waals surface area contributed by atoms with Crippen molar-refractivity contribution in [3.05, 3.63) is 77.2 Å². The minimum absolute atomic E-state index is 0.187. The average Bonchev–Trinajstić information content (AvgIpc) is 3.02. The molecule has 1 aromatic heterocycles. The Bertz CT molecular complexity index is 893. The van der Waals surface area contributed by atoms with Crippen LogP contribution in [0.2, 0.25) is 0 Å². The number of benzene rings is 2. The Morgan fingerprint density at radius 1 is 0.760 bits per heavy atom. The molecule has 0 radical (unpaired) electrons. The molecular formula is C18H14BrN3O3. The van der Waals surface area contributed by atoms with Crippen LogP contribution in [0.3, 0.4) is 0 Å². The number of anilines is 3. The molecule has 0 fully saturated rings. The third kappa shape index (κ3) is 4.71. The summed E-state index contributed by atoms with van der Waals surface area (Å²) in [6.07, 6.45) is 0. The van der Waals surface area contributed by atoms with Crippen molar-refractivity contribution in [2.24, 2.45) is 0 Å². The van der Waals surface area contributed by atoms with Crippen molar-refractivity contribution in [1.82, 2.24) is 0 Å². The van der Waals surface area contributed by atoms with Gasteiger partial charge in [-0.05, 0) is 58.4 Å². The minimum Gasteiger partial charge on any atom is -0.444 e. The summed E-state index contributed by atoms with van der Waals surface area (Å²) in [6.45, 7) is 0. The zero-order valence-electron chi connectivity index (χ0n) is 13.0. The Morgan fingerprint density at radius 3 is 2.08 bits per heavy atom. The molecule has 0 atom stereocenters. The first kappa shape index (κ1) is 16.8. The number of hydrogen-bond donors (Lipinski definition) is 3. The van der Waals surface area contributed by atoms with Crippen LogP contribution >= 0.6 is 15.9 Å². The van der Waals surface area contributed by atoms with Crippen LogP contribution in [0.5, 0.6) is 0 Å². The fraction of sp³-hybridized carbons (Fsp3) is 0. The summed E-state index contributed by atoms with van der Waals surface area (Å²) in [5.74, 6) is -0.191. The number of carbonyl (C=O) groups excluding carboxylic acids is 2. The highest BCUT2D eigenvalue weighted by atomic mass is 79.9. The topological polar surface area (TPSA) is 83.4 Å². The molecule has 3 rings (SSSR count). The summed E-state index contributed by atoms with van der Waals surface area (Å²) >= 11 is 3.15. The predicted octanol–water partition coefficient (Wildman–Crippen LogP) is 4.94. The van der Waals surface area contributed by atoms with Crippen LogP contribution in [0.15, 0.2) is 75.8 Å². The first-order valence-corrected chi connectivity index (χ1v) is 8.19. The van der Waals surface area contributed by atoms with Crippen molar-refractivity contribution in [3.63, 3.8) is 0 Å². The van der Waals surface area contributed by atoms with Crippen molar-refractivity contribution in [3.8, 4) is 0 Å². The van der Waals surface area contributed by atoms with E-state index in [1.165, 1.54) is 0 Å². The van der Waals surface area contributed by atoms with Crippen molar-refractivity contribution in [2.45, 2.75) is 0 Å². The molecular weight excluding hydrogens is 386 g/mol. The van der Waals surface area contributed by atoms with E-state index in [4.69, 9.17) is 4.42 Å². The molecule has 25 heavy (non-hydrogen) atoms. The zero-order valence-corrected chi connectivity index (χ0v) is 14.5. The highest BCUT2D eigenvalue weighted by Crippen LogP contribution is 2.19. The second kappa shape index (κ2) is 7.67. The van der Waals surface area contributed by atoms with E-state index in [2.05, 4.69) is 31.9 Å². The number of nitrogens with one attached hydrogen (secondary N) is 3. The third-order valence-electron chi connectivity index (χ3n) is 3.21. The van der Waals surface area contributed by atoms with Crippen LogP contribution in [0, 0.1) is 0 Å². The van der Waals surface area contributed by atoms with Crippen molar-refractivity contribution < 1.29 is 14.0 Å². The van der Waals surface area contributed by atoms with Gasteiger partial charge in [0.05, 0.1) is 0 Å². The first-order valence-electron chi connectivity index (χ1n) is 7.40. The van der Waals surface area contributed by atoms with Gasteiger partial charge in [-0.15, -0.1) is 0 Å². The zero-order chi connectivity index (χ0) is 17.6. The molecule has 0 bridgehead atoms. The normalized spacial score (nSPS) is 10.1. The molecule has 0 saturated carbocycles. The summed E-state index contributed by atoms with van der Waals surface area (Å²) in [5.41, 5.74) is 1.77. The highest BCUT2D eigenvalue weighted by molar-refractivity contribution is 9.10. The Kier molecular flexibility index (Phi) is 5.15. The van der Waals surface area contributed by atoms with E-state index in [1.807, 2.05) is 18.2 Å². The molecule has 0 saturated heterocycles. The van der Waals surface area contributed by atoms with E-state index >= 15 is 0 Å². The molecule has 2 aromatic carbocycles. The number of para-hydroxylation sites is 1.